The van der Waals surface area contributed by atoms with Gasteiger partial charge in [0.25, 0.3) is 0 Å². The van der Waals surface area contributed by atoms with E-state index in [1.165, 1.54) is 7.11 Å². The molecule has 0 unspecified atom stereocenters. The van der Waals surface area contributed by atoms with Gasteiger partial charge >= 0.3 is 5.97 Å². The number of ether oxygens (including phenoxy) is 4. The first kappa shape index (κ1) is 13.1. The molecule has 0 bridgehead atoms. The van der Waals surface area contributed by atoms with Crippen molar-refractivity contribution in [3.05, 3.63) is 47.7 Å². The molecule has 0 aromatic heterocycles. The van der Waals surface area contributed by atoms with Gasteiger partial charge in [-0.25, -0.2) is 4.79 Å². The van der Waals surface area contributed by atoms with E-state index < -0.39 is 12.3 Å². The molecule has 2 aliphatic heterocycles. The molecule has 1 aromatic rings. The van der Waals surface area contributed by atoms with Crippen LogP contribution in [0.25, 0.3) is 0 Å². The molecule has 2 aliphatic rings. The highest BCUT2D eigenvalue weighted by Gasteiger charge is 2.40. The number of carbonyl (C=O) groups excluding carboxylic acids is 1. The number of hydrogen-bond acceptors (Lipinski definition) is 5. The molecule has 2 heterocycles. The Morgan fingerprint density at radius 1 is 1.30 bits per heavy atom. The van der Waals surface area contributed by atoms with Gasteiger partial charge in [-0.3, -0.25) is 0 Å². The number of fused-ring (bicyclic) bond motifs is 1. The third-order valence-electron chi connectivity index (χ3n) is 3.58. The fraction of sp³-hybridized carbons (Fsp3) is 0.400. The summed E-state index contributed by atoms with van der Waals surface area (Å²) in [6, 6.07) is 9.94. The normalized spacial score (nSPS) is 28.9. The van der Waals surface area contributed by atoms with Gasteiger partial charge in [0.05, 0.1) is 19.6 Å². The zero-order chi connectivity index (χ0) is 13.9. The third-order valence-corrected chi connectivity index (χ3v) is 3.58. The largest absolute Gasteiger partial charge is 0.463 e. The van der Waals surface area contributed by atoms with Crippen molar-refractivity contribution in [2.24, 2.45) is 5.92 Å². The second kappa shape index (κ2) is 5.64. The van der Waals surface area contributed by atoms with E-state index in [1.807, 2.05) is 30.3 Å². The molecule has 0 saturated carbocycles. The van der Waals surface area contributed by atoms with Gasteiger partial charge in [-0.05, 0) is 11.6 Å². The fourth-order valence-electron chi connectivity index (χ4n) is 2.58. The molecule has 0 aliphatic carbocycles. The van der Waals surface area contributed by atoms with E-state index in [-0.39, 0.29) is 24.4 Å². The molecule has 1 saturated heterocycles. The van der Waals surface area contributed by atoms with Gasteiger partial charge in [-0.2, -0.15) is 0 Å². The summed E-state index contributed by atoms with van der Waals surface area (Å²) in [6.45, 7) is 0.715. The fourth-order valence-corrected chi connectivity index (χ4v) is 2.58. The summed E-state index contributed by atoms with van der Waals surface area (Å²) in [5, 5.41) is 0. The second-order valence-corrected chi connectivity index (χ2v) is 4.76. The highest BCUT2D eigenvalue weighted by Crippen LogP contribution is 2.38. The Labute approximate surface area is 117 Å². The van der Waals surface area contributed by atoms with E-state index in [1.54, 1.807) is 6.08 Å². The molecular formula is C15H16O5. The molecular weight excluding hydrogens is 260 g/mol. The summed E-state index contributed by atoms with van der Waals surface area (Å²) in [7, 11) is 1.33. The molecule has 0 spiro atoms. The zero-order valence-corrected chi connectivity index (χ0v) is 11.2. The van der Waals surface area contributed by atoms with Gasteiger partial charge in [0.15, 0.2) is 6.79 Å². The summed E-state index contributed by atoms with van der Waals surface area (Å²) in [5.74, 6) is -0.257. The first-order chi connectivity index (χ1) is 9.79. The molecule has 0 N–H and O–H groups in total. The highest BCUT2D eigenvalue weighted by atomic mass is 16.8. The first-order valence-electron chi connectivity index (χ1n) is 6.50. The van der Waals surface area contributed by atoms with Crippen LogP contribution in [0, 0.1) is 5.92 Å². The lowest BCUT2D eigenvalue weighted by Crippen LogP contribution is -2.42. The first-order valence-corrected chi connectivity index (χ1v) is 6.50. The molecule has 1 fully saturated rings. The van der Waals surface area contributed by atoms with Crippen LogP contribution in [0.1, 0.15) is 11.5 Å². The van der Waals surface area contributed by atoms with Crippen LogP contribution < -0.4 is 0 Å². The van der Waals surface area contributed by atoms with E-state index in [4.69, 9.17) is 18.9 Å². The van der Waals surface area contributed by atoms with Crippen LogP contribution in [0.15, 0.2) is 42.2 Å². The van der Waals surface area contributed by atoms with Crippen LogP contribution in [0.2, 0.25) is 0 Å². The Morgan fingerprint density at radius 2 is 2.10 bits per heavy atom. The minimum Gasteiger partial charge on any atom is -0.463 e. The Morgan fingerprint density at radius 3 is 2.85 bits per heavy atom. The van der Waals surface area contributed by atoms with Crippen LogP contribution in [-0.4, -0.2) is 32.8 Å². The topological polar surface area (TPSA) is 54.0 Å². The minimum absolute atomic E-state index is 0.00403. The number of hydrogen-bond donors (Lipinski definition) is 0. The maximum Gasteiger partial charge on any atom is 0.373 e. The molecule has 106 valence electrons. The second-order valence-electron chi connectivity index (χ2n) is 4.76. The van der Waals surface area contributed by atoms with Crippen molar-refractivity contribution in [2.75, 3.05) is 20.5 Å². The maximum absolute atomic E-state index is 11.7. The summed E-state index contributed by atoms with van der Waals surface area (Å²) in [6.07, 6.45) is 1.31. The van der Waals surface area contributed by atoms with Crippen LogP contribution >= 0.6 is 0 Å². The summed E-state index contributed by atoms with van der Waals surface area (Å²) >= 11 is 0. The van der Waals surface area contributed by atoms with Crippen LogP contribution in [0.3, 0.4) is 0 Å². The number of carbonyl (C=O) groups is 1. The average molecular weight is 276 g/mol. The number of rotatable bonds is 2. The molecule has 3 rings (SSSR count). The molecule has 3 atom stereocenters. The Bertz CT molecular complexity index is 510. The van der Waals surface area contributed by atoms with E-state index >= 15 is 0 Å². The van der Waals surface area contributed by atoms with Crippen molar-refractivity contribution in [2.45, 2.75) is 12.2 Å². The maximum atomic E-state index is 11.7. The zero-order valence-electron chi connectivity index (χ0n) is 11.2. The Kier molecular flexibility index (Phi) is 3.71. The highest BCUT2D eigenvalue weighted by molar-refractivity contribution is 5.86. The van der Waals surface area contributed by atoms with Crippen molar-refractivity contribution in [1.29, 1.82) is 0 Å². The molecule has 5 heteroatoms. The third kappa shape index (κ3) is 2.42. The predicted molar refractivity (Wildman–Crippen MR) is 69.5 cm³/mol. The Hall–Kier alpha value is -1.85. The van der Waals surface area contributed by atoms with Gasteiger partial charge in [-0.15, -0.1) is 0 Å². The summed E-state index contributed by atoms with van der Waals surface area (Å²) in [4.78, 5) is 11.7. The van der Waals surface area contributed by atoms with E-state index in [0.717, 1.165) is 5.56 Å². The van der Waals surface area contributed by atoms with E-state index in [2.05, 4.69) is 0 Å². The lowest BCUT2D eigenvalue weighted by Gasteiger charge is -2.39. The number of methoxy groups -OCH3 is 1. The van der Waals surface area contributed by atoms with Crippen LogP contribution in [-0.2, 0) is 23.7 Å². The van der Waals surface area contributed by atoms with E-state index in [0.29, 0.717) is 6.61 Å². The number of allylic oxidation sites excluding steroid dienone is 1. The van der Waals surface area contributed by atoms with Gasteiger partial charge in [-0.1, -0.05) is 30.3 Å². The molecule has 0 radical (unpaired) electrons. The summed E-state index contributed by atoms with van der Waals surface area (Å²) in [5.41, 5.74) is 1.10. The lowest BCUT2D eigenvalue weighted by atomic mass is 9.83. The van der Waals surface area contributed by atoms with Crippen molar-refractivity contribution in [3.8, 4) is 0 Å². The van der Waals surface area contributed by atoms with Gasteiger partial charge in [0.1, 0.15) is 0 Å². The quantitative estimate of drug-likeness (QED) is 0.771. The van der Waals surface area contributed by atoms with E-state index in [9.17, 15) is 4.79 Å². The lowest BCUT2D eigenvalue weighted by molar-refractivity contribution is -0.260. The van der Waals surface area contributed by atoms with Gasteiger partial charge < -0.3 is 18.9 Å². The minimum atomic E-state index is -0.487. The average Bonchev–Trinajstić information content (AvgIpc) is 2.54. The predicted octanol–water partition coefficient (Wildman–Crippen LogP) is 1.80. The standard InChI is InChI=1S/C15H16O5/c1-17-14(16)13-7-11(10-5-3-2-4-6-10)12-8-18-9-19-15(12)20-13/h2-7,11-12,15H,8-9H2,1H3/t11-,12+,15-/m0/s1. The molecule has 1 aromatic carbocycles. The van der Waals surface area contributed by atoms with Crippen molar-refractivity contribution in [3.63, 3.8) is 0 Å². The number of benzene rings is 1. The van der Waals surface area contributed by atoms with Crippen molar-refractivity contribution in [1.82, 2.24) is 0 Å². The molecule has 5 nitrogen and oxygen atoms in total. The smallest absolute Gasteiger partial charge is 0.373 e. The number of esters is 1. The molecule has 0 amide bonds. The SMILES string of the molecule is COC(=O)C1=C[C@@H](c2ccccc2)[C@H]2COCO[C@H]2O1. The van der Waals surface area contributed by atoms with Gasteiger partial charge in [0, 0.05) is 5.92 Å². The summed E-state index contributed by atoms with van der Waals surface area (Å²) < 4.78 is 21.1. The monoisotopic (exact) mass is 276 g/mol. The van der Waals surface area contributed by atoms with Crippen molar-refractivity contribution >= 4 is 5.97 Å². The van der Waals surface area contributed by atoms with Gasteiger partial charge in [0.2, 0.25) is 12.0 Å². The Balaban J connectivity index is 1.96. The van der Waals surface area contributed by atoms with Crippen LogP contribution in [0.4, 0.5) is 0 Å². The molecule has 20 heavy (non-hydrogen) atoms. The van der Waals surface area contributed by atoms with Crippen molar-refractivity contribution < 1.29 is 23.7 Å². The van der Waals surface area contributed by atoms with Crippen LogP contribution in [0.5, 0.6) is 0 Å².